The molecule has 3 rings (SSSR count). The smallest absolute Gasteiger partial charge is 0.412 e. The van der Waals surface area contributed by atoms with E-state index in [4.69, 9.17) is 9.47 Å². The van der Waals surface area contributed by atoms with Gasteiger partial charge < -0.3 is 14.4 Å². The van der Waals surface area contributed by atoms with E-state index in [0.717, 1.165) is 37.7 Å². The molecule has 1 saturated carbocycles. The molecule has 9 nitrogen and oxygen atoms in total. The van der Waals surface area contributed by atoms with Gasteiger partial charge in [-0.15, -0.1) is 0 Å². The number of esters is 1. The molecule has 2 aromatic rings. The van der Waals surface area contributed by atoms with Crippen LogP contribution in [0.25, 0.3) is 0 Å². The van der Waals surface area contributed by atoms with E-state index in [1.165, 1.54) is 19.2 Å². The van der Waals surface area contributed by atoms with Crippen LogP contribution in [0.5, 0.6) is 0 Å². The van der Waals surface area contributed by atoms with Crippen LogP contribution in [0.2, 0.25) is 0 Å². The van der Waals surface area contributed by atoms with E-state index >= 15 is 0 Å². The lowest BCUT2D eigenvalue weighted by Crippen LogP contribution is -2.52. The number of rotatable bonds is 9. The molecule has 1 amide bonds. The Morgan fingerprint density at radius 1 is 1.03 bits per heavy atom. The second-order valence-electron chi connectivity index (χ2n) is 10.6. The van der Waals surface area contributed by atoms with E-state index in [1.807, 2.05) is 24.0 Å². The molecule has 0 spiro atoms. The van der Waals surface area contributed by atoms with Gasteiger partial charge in [-0.25, -0.2) is 13.2 Å². The second-order valence-corrected chi connectivity index (χ2v) is 12.3. The van der Waals surface area contributed by atoms with Crippen LogP contribution in [0.15, 0.2) is 53.4 Å². The number of carbonyl (C=O) groups is 2. The predicted molar refractivity (Wildman–Crippen MR) is 148 cm³/mol. The molecule has 0 aromatic heterocycles. The number of anilines is 2. The van der Waals surface area contributed by atoms with Gasteiger partial charge >= 0.3 is 12.1 Å². The number of methoxy groups -OCH3 is 1. The maximum atomic E-state index is 13.2. The minimum Gasteiger partial charge on any atom is -0.468 e. The van der Waals surface area contributed by atoms with Crippen molar-refractivity contribution in [2.75, 3.05) is 23.9 Å². The lowest BCUT2D eigenvalue weighted by Gasteiger charge is -2.39. The Hall–Kier alpha value is -3.11. The number of nitrogens with one attached hydrogen (secondary N) is 2. The number of hydrogen-bond acceptors (Lipinski definition) is 7. The third-order valence-electron chi connectivity index (χ3n) is 6.36. The highest BCUT2D eigenvalue weighted by molar-refractivity contribution is 7.89. The first-order chi connectivity index (χ1) is 17.9. The monoisotopic (exact) mass is 545 g/mol. The van der Waals surface area contributed by atoms with Gasteiger partial charge in [-0.3, -0.25) is 10.1 Å². The molecule has 1 fully saturated rings. The molecule has 1 aliphatic carbocycles. The molecule has 0 bridgehead atoms. The van der Waals surface area contributed by atoms with E-state index in [9.17, 15) is 18.0 Å². The Kier molecular flexibility index (Phi) is 9.78. The summed E-state index contributed by atoms with van der Waals surface area (Å²) in [5.74, 6) is -0.695. The Morgan fingerprint density at radius 2 is 1.66 bits per heavy atom. The summed E-state index contributed by atoms with van der Waals surface area (Å²) >= 11 is 0. The van der Waals surface area contributed by atoms with Crippen LogP contribution in [0.4, 0.5) is 16.2 Å². The molecule has 38 heavy (non-hydrogen) atoms. The van der Waals surface area contributed by atoms with Gasteiger partial charge in [-0.05, 0) is 64.8 Å². The lowest BCUT2D eigenvalue weighted by molar-refractivity contribution is -0.142. The van der Waals surface area contributed by atoms with Crippen molar-refractivity contribution < 1.29 is 27.5 Å². The molecule has 208 valence electrons. The molecular formula is C28H39N3O6S. The first-order valence-electron chi connectivity index (χ1n) is 12.9. The fraction of sp³-hybridized carbons (Fsp3) is 0.500. The highest BCUT2D eigenvalue weighted by atomic mass is 32.2. The number of sulfonamides is 1. The Balaban J connectivity index is 1.96. The summed E-state index contributed by atoms with van der Waals surface area (Å²) in [4.78, 5) is 27.6. The van der Waals surface area contributed by atoms with Crippen molar-refractivity contribution in [3.8, 4) is 0 Å². The van der Waals surface area contributed by atoms with Crippen molar-refractivity contribution in [3.63, 3.8) is 0 Å². The third-order valence-corrected chi connectivity index (χ3v) is 7.85. The Labute approximate surface area is 225 Å². The lowest BCUT2D eigenvalue weighted by atomic mass is 9.93. The Morgan fingerprint density at radius 3 is 2.26 bits per heavy atom. The zero-order valence-electron chi connectivity index (χ0n) is 22.8. The standard InChI is InChI=1S/C28H39N3O6S/c1-20-15-17-22(18-16-20)38(34,35)30-24(26(32)36-5)19-31(21-11-7-6-8-12-21)25-14-10-9-13-23(25)29-27(33)37-28(2,3)4/h9-10,13-18,21,24,30H,6-8,11-12,19H2,1-5H3,(H,29,33). The van der Waals surface area contributed by atoms with E-state index in [1.54, 1.807) is 45.0 Å². The topological polar surface area (TPSA) is 114 Å². The molecular weight excluding hydrogens is 506 g/mol. The van der Waals surface area contributed by atoms with Gasteiger partial charge in [0.1, 0.15) is 11.6 Å². The van der Waals surface area contributed by atoms with Gasteiger partial charge in [0, 0.05) is 12.6 Å². The molecule has 0 radical (unpaired) electrons. The van der Waals surface area contributed by atoms with Crippen LogP contribution in [0.3, 0.4) is 0 Å². The fourth-order valence-electron chi connectivity index (χ4n) is 4.55. The van der Waals surface area contributed by atoms with E-state index in [-0.39, 0.29) is 17.5 Å². The van der Waals surface area contributed by atoms with Crippen LogP contribution in [-0.4, -0.2) is 51.8 Å². The van der Waals surface area contributed by atoms with Crippen molar-refractivity contribution in [2.45, 2.75) is 82.4 Å². The maximum absolute atomic E-state index is 13.2. The van der Waals surface area contributed by atoms with Gasteiger partial charge in [-0.2, -0.15) is 4.72 Å². The Bertz CT molecular complexity index is 1200. The van der Waals surface area contributed by atoms with Crippen molar-refractivity contribution in [1.82, 2.24) is 4.72 Å². The minimum atomic E-state index is -4.01. The van der Waals surface area contributed by atoms with Crippen molar-refractivity contribution in [2.24, 2.45) is 0 Å². The molecule has 2 N–H and O–H groups in total. The summed E-state index contributed by atoms with van der Waals surface area (Å²) in [5, 5.41) is 2.82. The van der Waals surface area contributed by atoms with E-state index in [2.05, 4.69) is 10.0 Å². The second kappa shape index (κ2) is 12.6. The zero-order valence-corrected chi connectivity index (χ0v) is 23.6. The summed E-state index contributed by atoms with van der Waals surface area (Å²) in [6.45, 7) is 7.25. The zero-order chi connectivity index (χ0) is 27.9. The molecule has 2 aromatic carbocycles. The maximum Gasteiger partial charge on any atom is 0.412 e. The number of hydrogen-bond donors (Lipinski definition) is 2. The van der Waals surface area contributed by atoms with Gasteiger partial charge in [0.15, 0.2) is 0 Å². The van der Waals surface area contributed by atoms with Crippen molar-refractivity contribution >= 4 is 33.5 Å². The van der Waals surface area contributed by atoms with Crippen LogP contribution < -0.4 is 14.9 Å². The molecule has 1 unspecified atom stereocenters. The number of para-hydroxylation sites is 2. The number of carbonyl (C=O) groups excluding carboxylic acids is 2. The van der Waals surface area contributed by atoms with Crippen LogP contribution >= 0.6 is 0 Å². The number of ether oxygens (including phenoxy) is 2. The predicted octanol–water partition coefficient (Wildman–Crippen LogP) is 5.00. The first-order valence-corrected chi connectivity index (χ1v) is 14.4. The highest BCUT2D eigenvalue weighted by Crippen LogP contribution is 2.33. The van der Waals surface area contributed by atoms with Gasteiger partial charge in [0.2, 0.25) is 10.0 Å². The third kappa shape index (κ3) is 8.19. The fourth-order valence-corrected chi connectivity index (χ4v) is 5.73. The van der Waals surface area contributed by atoms with Crippen molar-refractivity contribution in [3.05, 3.63) is 54.1 Å². The highest BCUT2D eigenvalue weighted by Gasteiger charge is 2.33. The number of amides is 1. The van der Waals surface area contributed by atoms with Gasteiger partial charge in [0.25, 0.3) is 0 Å². The quantitative estimate of drug-likeness (QED) is 0.426. The SMILES string of the molecule is COC(=O)C(CN(c1ccccc1NC(=O)OC(C)(C)C)C1CCCCC1)NS(=O)(=O)c1ccc(C)cc1. The molecule has 0 saturated heterocycles. The largest absolute Gasteiger partial charge is 0.468 e. The molecule has 10 heteroatoms. The summed E-state index contributed by atoms with van der Waals surface area (Å²) < 4.78 is 39.4. The number of benzene rings is 2. The normalized spacial score (nSPS) is 15.4. The molecule has 1 atom stereocenters. The van der Waals surface area contributed by atoms with Crippen LogP contribution in [0.1, 0.15) is 58.4 Å². The summed E-state index contributed by atoms with van der Waals surface area (Å²) in [7, 11) is -2.77. The average Bonchev–Trinajstić information content (AvgIpc) is 2.86. The summed E-state index contributed by atoms with van der Waals surface area (Å²) in [5.41, 5.74) is 1.43. The van der Waals surface area contributed by atoms with E-state index in [0.29, 0.717) is 11.4 Å². The summed E-state index contributed by atoms with van der Waals surface area (Å²) in [6.07, 6.45) is 4.29. The average molecular weight is 546 g/mol. The van der Waals surface area contributed by atoms with Crippen LogP contribution in [0, 0.1) is 6.92 Å². The summed E-state index contributed by atoms with van der Waals surface area (Å²) in [6, 6.07) is 12.5. The van der Waals surface area contributed by atoms with Crippen LogP contribution in [-0.2, 0) is 24.3 Å². The van der Waals surface area contributed by atoms with Crippen molar-refractivity contribution in [1.29, 1.82) is 0 Å². The minimum absolute atomic E-state index is 0.0233. The van der Waals surface area contributed by atoms with E-state index < -0.39 is 33.7 Å². The number of nitrogens with zero attached hydrogens (tertiary/aromatic N) is 1. The van der Waals surface area contributed by atoms with Gasteiger partial charge in [0.05, 0.1) is 23.4 Å². The first kappa shape index (κ1) is 29.4. The number of aryl methyl sites for hydroxylation is 1. The molecule has 1 aliphatic rings. The molecule has 0 aliphatic heterocycles. The van der Waals surface area contributed by atoms with Gasteiger partial charge in [-0.1, -0.05) is 49.1 Å². The molecule has 0 heterocycles.